The fourth-order valence-electron chi connectivity index (χ4n) is 3.44. The lowest BCUT2D eigenvalue weighted by atomic mass is 10.0. The van der Waals surface area contributed by atoms with Crippen molar-refractivity contribution in [3.05, 3.63) is 46.2 Å². The number of rotatable bonds is 9. The number of halogens is 8. The van der Waals surface area contributed by atoms with E-state index in [1.165, 1.54) is 30.1 Å². The summed E-state index contributed by atoms with van der Waals surface area (Å²) >= 11 is 6.16. The van der Waals surface area contributed by atoms with Crippen LogP contribution in [0.3, 0.4) is 0 Å². The van der Waals surface area contributed by atoms with Crippen molar-refractivity contribution >= 4 is 35.1 Å². The number of alkyl halides is 7. The number of nitrogens with one attached hydrogen (secondary N) is 2. The minimum absolute atomic E-state index is 0.0231. The number of nitriles is 1. The van der Waals surface area contributed by atoms with Gasteiger partial charge in [0.25, 0.3) is 5.91 Å². The quantitative estimate of drug-likeness (QED) is 0.305. The van der Waals surface area contributed by atoms with Gasteiger partial charge in [-0.05, 0) is 30.5 Å². The van der Waals surface area contributed by atoms with Gasteiger partial charge in [0.1, 0.15) is 5.54 Å². The first-order valence-electron chi connectivity index (χ1n) is 10.5. The van der Waals surface area contributed by atoms with Crippen LogP contribution in [0.4, 0.5) is 36.6 Å². The first-order valence-corrected chi connectivity index (χ1v) is 10.9. The summed E-state index contributed by atoms with van der Waals surface area (Å²) in [5.74, 6) is -8.56. The van der Waals surface area contributed by atoms with E-state index in [1.807, 2.05) is 0 Å². The largest absolute Gasteiger partial charge is 0.459 e. The van der Waals surface area contributed by atoms with E-state index >= 15 is 0 Å². The minimum atomic E-state index is -6.15. The van der Waals surface area contributed by atoms with Crippen LogP contribution in [0.15, 0.2) is 24.4 Å². The van der Waals surface area contributed by atoms with Crippen molar-refractivity contribution < 1.29 is 40.3 Å². The number of aryl methyl sites for hydroxylation is 1. The summed E-state index contributed by atoms with van der Waals surface area (Å²) in [6.45, 7) is -3.77. The molecule has 2 N–H and O–H groups in total. The lowest BCUT2D eigenvalue weighted by molar-refractivity contribution is -0.291. The van der Waals surface area contributed by atoms with Gasteiger partial charge in [0.05, 0.1) is 16.7 Å². The van der Waals surface area contributed by atoms with Crippen molar-refractivity contribution in [2.45, 2.75) is 37.1 Å². The van der Waals surface area contributed by atoms with E-state index in [0.29, 0.717) is 17.5 Å². The summed E-state index contributed by atoms with van der Waals surface area (Å²) in [7, 11) is 2.34. The van der Waals surface area contributed by atoms with Gasteiger partial charge in [-0.15, -0.1) is 0 Å². The molecule has 1 aromatic heterocycles. The predicted octanol–water partition coefficient (Wildman–Crippen LogP) is 5.56. The third-order valence-corrected chi connectivity index (χ3v) is 6.12. The van der Waals surface area contributed by atoms with Gasteiger partial charge in [0, 0.05) is 32.1 Å². The molecule has 204 valence electrons. The van der Waals surface area contributed by atoms with E-state index in [2.05, 4.69) is 21.2 Å². The molecule has 8 nitrogen and oxygen atoms in total. The Morgan fingerprint density at radius 3 is 2.47 bits per heavy atom. The maximum absolute atomic E-state index is 14.0. The zero-order valence-electron chi connectivity index (χ0n) is 19.5. The summed E-state index contributed by atoms with van der Waals surface area (Å²) in [5, 5.41) is 22.3. The molecule has 0 bridgehead atoms. The van der Waals surface area contributed by atoms with Crippen molar-refractivity contribution in [1.82, 2.24) is 14.7 Å². The molecule has 1 heterocycles. The third kappa shape index (κ3) is 5.26. The van der Waals surface area contributed by atoms with Gasteiger partial charge in [-0.1, -0.05) is 17.7 Å². The van der Waals surface area contributed by atoms with Crippen LogP contribution in [0.5, 0.6) is 5.75 Å². The minimum Gasteiger partial charge on any atom is -0.429 e. The molecule has 0 spiro atoms. The number of anilines is 1. The van der Waals surface area contributed by atoms with Crippen LogP contribution in [-0.2, 0) is 13.0 Å². The van der Waals surface area contributed by atoms with Gasteiger partial charge in [0.15, 0.2) is 17.3 Å². The fourth-order valence-corrected chi connectivity index (χ4v) is 3.64. The van der Waals surface area contributed by atoms with Gasteiger partial charge in [0.2, 0.25) is 0 Å². The molecule has 0 aliphatic heterocycles. The first kappa shape index (κ1) is 28.8. The molecule has 2 aromatic rings. The van der Waals surface area contributed by atoms with Crippen molar-refractivity contribution in [3.63, 3.8) is 0 Å². The van der Waals surface area contributed by atoms with Crippen LogP contribution in [0.25, 0.3) is 5.57 Å². The van der Waals surface area contributed by atoms with E-state index in [9.17, 15) is 40.8 Å². The van der Waals surface area contributed by atoms with E-state index in [4.69, 9.17) is 17.0 Å². The first-order chi connectivity index (χ1) is 17.6. The van der Waals surface area contributed by atoms with E-state index in [1.54, 1.807) is 0 Å². The Balaban J connectivity index is 2.01. The molecule has 1 amide bonds. The Bertz CT molecular complexity index is 1330. The number of ether oxygens (including phenoxy) is 1. The van der Waals surface area contributed by atoms with Crippen LogP contribution in [0.2, 0.25) is 5.02 Å². The third-order valence-electron chi connectivity index (χ3n) is 5.79. The van der Waals surface area contributed by atoms with Crippen LogP contribution in [0, 0.1) is 16.7 Å². The summed E-state index contributed by atoms with van der Waals surface area (Å²) in [5.41, 5.74) is -2.98. The zero-order valence-corrected chi connectivity index (χ0v) is 20.3. The van der Waals surface area contributed by atoms with Gasteiger partial charge >= 0.3 is 18.7 Å². The molecular weight excluding hydrogens is 549 g/mol. The maximum atomic E-state index is 14.0. The molecule has 3 rings (SSSR count). The fraction of sp³-hybridized carbons (Fsp3) is 0.364. The molecule has 1 aliphatic rings. The topological polar surface area (TPSA) is 107 Å². The standard InChI is InChI=1S/C22H18ClF7N6O2/c1-35(20(10-32)5-6-20)18(37)13-7-11(3-4-14(13)23)12(8-31)9-33-17-15(38-19(24)25)16(34-36(17)2)21(26,27)22(28,29)30/h3-4,7-9,19,31,33H,5-6H2,1-2H3/b12-9+,31-8?. The number of amides is 1. The van der Waals surface area contributed by atoms with Crippen molar-refractivity contribution in [3.8, 4) is 11.8 Å². The molecule has 0 unspecified atom stereocenters. The highest BCUT2D eigenvalue weighted by Gasteiger charge is 2.62. The number of carbonyl (C=O) groups is 1. The monoisotopic (exact) mass is 566 g/mol. The summed E-state index contributed by atoms with van der Waals surface area (Å²) in [4.78, 5) is 14.2. The summed E-state index contributed by atoms with van der Waals surface area (Å²) in [6, 6.07) is 6.03. The average molecular weight is 567 g/mol. The van der Waals surface area contributed by atoms with Crippen LogP contribution >= 0.6 is 11.6 Å². The number of hydrogen-bond acceptors (Lipinski definition) is 6. The Hall–Kier alpha value is -3.80. The van der Waals surface area contributed by atoms with Gasteiger partial charge in [-0.25, -0.2) is 4.68 Å². The predicted molar refractivity (Wildman–Crippen MR) is 121 cm³/mol. The highest BCUT2D eigenvalue weighted by molar-refractivity contribution is 6.34. The molecular formula is C22H18ClF7N6O2. The molecule has 0 saturated heterocycles. The molecule has 1 saturated carbocycles. The SMILES string of the molecule is CN(C(=O)c1cc(/C(C=N)=C/Nc2c(OC(F)F)c(C(F)(F)C(F)(F)F)nn2C)ccc1Cl)C1(C#N)CC1. The van der Waals surface area contributed by atoms with Crippen LogP contribution in [0.1, 0.15) is 34.5 Å². The maximum Gasteiger partial charge on any atom is 0.459 e. The molecule has 0 atom stereocenters. The van der Waals surface area contributed by atoms with Gasteiger partial charge in [-0.2, -0.15) is 41.1 Å². The normalized spacial score (nSPS) is 15.2. The van der Waals surface area contributed by atoms with Gasteiger partial charge in [-0.3, -0.25) is 4.79 Å². The van der Waals surface area contributed by atoms with E-state index < -0.39 is 47.4 Å². The zero-order chi connectivity index (χ0) is 28.6. The smallest absolute Gasteiger partial charge is 0.429 e. The van der Waals surface area contributed by atoms with Crippen LogP contribution < -0.4 is 10.1 Å². The van der Waals surface area contributed by atoms with Crippen molar-refractivity contribution in [2.24, 2.45) is 7.05 Å². The Morgan fingerprint density at radius 1 is 1.34 bits per heavy atom. The second-order valence-electron chi connectivity index (χ2n) is 8.19. The lowest BCUT2D eigenvalue weighted by Gasteiger charge is -2.23. The number of hydrogen-bond donors (Lipinski definition) is 2. The Morgan fingerprint density at radius 2 is 1.97 bits per heavy atom. The van der Waals surface area contributed by atoms with E-state index in [0.717, 1.165) is 19.5 Å². The van der Waals surface area contributed by atoms with Gasteiger partial charge < -0.3 is 20.4 Å². The summed E-state index contributed by atoms with van der Waals surface area (Å²) in [6.07, 6.45) is -3.54. The average Bonchev–Trinajstić information content (AvgIpc) is 3.58. The van der Waals surface area contributed by atoms with Crippen molar-refractivity contribution in [2.75, 3.05) is 12.4 Å². The molecule has 38 heavy (non-hydrogen) atoms. The molecule has 0 radical (unpaired) electrons. The number of carbonyl (C=O) groups excluding carboxylic acids is 1. The van der Waals surface area contributed by atoms with Crippen LogP contribution in [-0.4, -0.2) is 52.2 Å². The molecule has 1 aromatic carbocycles. The summed E-state index contributed by atoms with van der Waals surface area (Å²) < 4.78 is 96.8. The highest BCUT2D eigenvalue weighted by atomic mass is 35.5. The number of aromatic nitrogens is 2. The Labute approximate surface area is 215 Å². The number of allylic oxidation sites excluding steroid dienone is 1. The number of benzene rings is 1. The number of nitrogens with zero attached hydrogens (tertiary/aromatic N) is 4. The molecule has 1 fully saturated rings. The highest BCUT2D eigenvalue weighted by Crippen LogP contribution is 2.49. The van der Waals surface area contributed by atoms with E-state index in [-0.39, 0.29) is 21.7 Å². The Kier molecular flexibility index (Phi) is 7.69. The molecule has 16 heteroatoms. The van der Waals surface area contributed by atoms with Crippen molar-refractivity contribution in [1.29, 1.82) is 10.7 Å². The molecule has 1 aliphatic carbocycles. The second kappa shape index (κ2) is 10.2. The lowest BCUT2D eigenvalue weighted by Crippen LogP contribution is -2.38. The second-order valence-corrected chi connectivity index (χ2v) is 8.60.